The summed E-state index contributed by atoms with van der Waals surface area (Å²) < 4.78 is 15.4. The van der Waals surface area contributed by atoms with Crippen molar-refractivity contribution in [2.24, 2.45) is 11.5 Å². The van der Waals surface area contributed by atoms with Gasteiger partial charge in [-0.25, -0.2) is 4.79 Å². The molecule has 32 heavy (non-hydrogen) atoms. The molecule has 0 aromatic heterocycles. The lowest BCUT2D eigenvalue weighted by molar-refractivity contribution is -0.385. The van der Waals surface area contributed by atoms with E-state index in [0.717, 1.165) is 18.2 Å². The van der Waals surface area contributed by atoms with E-state index in [-0.39, 0.29) is 41.5 Å². The highest BCUT2D eigenvalue weighted by molar-refractivity contribution is 6.02. The van der Waals surface area contributed by atoms with Crippen molar-refractivity contribution >= 4 is 35.1 Å². The van der Waals surface area contributed by atoms with Gasteiger partial charge in [0.15, 0.2) is 18.1 Å². The van der Waals surface area contributed by atoms with Crippen molar-refractivity contribution in [2.75, 3.05) is 25.1 Å². The van der Waals surface area contributed by atoms with E-state index >= 15 is 0 Å². The first-order valence-electron chi connectivity index (χ1n) is 8.95. The highest BCUT2D eigenvalue weighted by Crippen LogP contribution is 2.36. The van der Waals surface area contributed by atoms with E-state index in [9.17, 15) is 29.3 Å². The molecule has 0 spiro atoms. The maximum absolute atomic E-state index is 12.4. The molecule has 3 rings (SSSR count). The Labute approximate surface area is 179 Å². The number of benzene rings is 2. The Morgan fingerprint density at radius 2 is 1.53 bits per heavy atom. The summed E-state index contributed by atoms with van der Waals surface area (Å²) in [6, 6.07) is 5.68. The third-order valence-electron chi connectivity index (χ3n) is 4.20. The van der Waals surface area contributed by atoms with Crippen molar-refractivity contribution < 1.29 is 38.3 Å². The van der Waals surface area contributed by atoms with Gasteiger partial charge in [0, 0.05) is 22.9 Å². The number of nitrogens with two attached hydrogens (primary N) is 2. The average molecular weight is 444 g/mol. The molecule has 5 N–H and O–H groups in total. The quantitative estimate of drug-likeness (QED) is 0.306. The number of anilines is 1. The number of nitrogens with zero attached hydrogens (tertiary/aromatic N) is 1. The molecular weight excluding hydrogens is 428 g/mol. The fraction of sp³-hybridized carbons (Fsp3) is 0.158. The standard InChI is InChI=1S/C19H16N4O9/c20-17(25)9-3-10(18(21)26)5-11(4-9)22-16(24)8-32-19(27)12-6-14-15(31-2-1-30-14)7-13(12)23(28)29/h3-7H,1-2,8H2,(H2,20,25)(H2,21,26)(H,22,24). The highest BCUT2D eigenvalue weighted by atomic mass is 16.6. The summed E-state index contributed by atoms with van der Waals surface area (Å²) >= 11 is 0. The van der Waals surface area contributed by atoms with Gasteiger partial charge in [-0.05, 0) is 18.2 Å². The van der Waals surface area contributed by atoms with Gasteiger partial charge in [0.05, 0.1) is 11.0 Å². The number of esters is 1. The fourth-order valence-corrected chi connectivity index (χ4v) is 2.78. The van der Waals surface area contributed by atoms with Crippen LogP contribution in [0.15, 0.2) is 30.3 Å². The lowest BCUT2D eigenvalue weighted by Gasteiger charge is -2.18. The first-order chi connectivity index (χ1) is 15.2. The number of nitrogens with one attached hydrogen (secondary N) is 1. The third-order valence-corrected chi connectivity index (χ3v) is 4.20. The molecule has 0 bridgehead atoms. The van der Waals surface area contributed by atoms with Crippen molar-refractivity contribution in [2.45, 2.75) is 0 Å². The fourth-order valence-electron chi connectivity index (χ4n) is 2.78. The molecule has 0 aliphatic carbocycles. The molecule has 0 fully saturated rings. The van der Waals surface area contributed by atoms with Gasteiger partial charge >= 0.3 is 5.97 Å². The minimum atomic E-state index is -1.15. The third kappa shape index (κ3) is 4.89. The van der Waals surface area contributed by atoms with E-state index in [0.29, 0.717) is 0 Å². The Kier molecular flexibility index (Phi) is 6.19. The number of rotatable bonds is 7. The van der Waals surface area contributed by atoms with Crippen LogP contribution in [0.3, 0.4) is 0 Å². The Morgan fingerprint density at radius 3 is 2.06 bits per heavy atom. The van der Waals surface area contributed by atoms with Crippen LogP contribution in [0.5, 0.6) is 11.5 Å². The van der Waals surface area contributed by atoms with Gasteiger partial charge in [-0.3, -0.25) is 24.5 Å². The molecule has 13 nitrogen and oxygen atoms in total. The molecule has 3 amide bonds. The van der Waals surface area contributed by atoms with E-state index in [1.807, 2.05) is 0 Å². The van der Waals surface area contributed by atoms with Crippen LogP contribution in [0.2, 0.25) is 0 Å². The second-order valence-corrected chi connectivity index (χ2v) is 6.42. The number of nitro groups is 1. The molecule has 0 saturated heterocycles. The van der Waals surface area contributed by atoms with Crippen molar-refractivity contribution in [3.05, 3.63) is 57.1 Å². The first-order valence-corrected chi connectivity index (χ1v) is 8.95. The first kappa shape index (κ1) is 22.0. The number of nitro benzene ring substituents is 1. The lowest BCUT2D eigenvalue weighted by Crippen LogP contribution is -2.23. The van der Waals surface area contributed by atoms with Crippen molar-refractivity contribution in [1.29, 1.82) is 0 Å². The lowest BCUT2D eigenvalue weighted by atomic mass is 10.1. The number of hydrogen-bond acceptors (Lipinski definition) is 9. The molecule has 2 aromatic rings. The highest BCUT2D eigenvalue weighted by Gasteiger charge is 2.27. The predicted octanol–water partition coefficient (Wildman–Crippen LogP) is 0.359. The maximum Gasteiger partial charge on any atom is 0.345 e. The maximum atomic E-state index is 12.4. The van der Waals surface area contributed by atoms with E-state index in [1.165, 1.54) is 12.1 Å². The summed E-state index contributed by atoms with van der Waals surface area (Å²) in [6.45, 7) is -0.432. The van der Waals surface area contributed by atoms with Gasteiger partial charge in [0.25, 0.3) is 11.6 Å². The van der Waals surface area contributed by atoms with Crippen molar-refractivity contribution in [3.63, 3.8) is 0 Å². The predicted molar refractivity (Wildman–Crippen MR) is 106 cm³/mol. The van der Waals surface area contributed by atoms with Crippen LogP contribution < -0.4 is 26.3 Å². The molecule has 13 heteroatoms. The van der Waals surface area contributed by atoms with Gasteiger partial charge < -0.3 is 31.0 Å². The largest absolute Gasteiger partial charge is 0.486 e. The van der Waals surface area contributed by atoms with Crippen LogP contribution in [0.25, 0.3) is 0 Å². The minimum Gasteiger partial charge on any atom is -0.486 e. The SMILES string of the molecule is NC(=O)c1cc(NC(=O)COC(=O)c2cc3c(cc2[N+](=O)[O-])OCCO3)cc(C(N)=O)c1. The molecule has 2 aromatic carbocycles. The van der Waals surface area contributed by atoms with Crippen LogP contribution in [0, 0.1) is 10.1 Å². The molecule has 1 aliphatic heterocycles. The Hall–Kier alpha value is -4.68. The van der Waals surface area contributed by atoms with Gasteiger partial charge in [0.1, 0.15) is 18.8 Å². The van der Waals surface area contributed by atoms with Crippen LogP contribution in [-0.4, -0.2) is 48.4 Å². The summed E-state index contributed by atoms with van der Waals surface area (Å²) in [5.41, 5.74) is 9.19. The number of carbonyl (C=O) groups excluding carboxylic acids is 4. The summed E-state index contributed by atoms with van der Waals surface area (Å²) in [5, 5.41) is 13.6. The molecule has 166 valence electrons. The zero-order chi connectivity index (χ0) is 23.4. The Morgan fingerprint density at radius 1 is 0.969 bits per heavy atom. The van der Waals surface area contributed by atoms with Crippen molar-refractivity contribution in [1.82, 2.24) is 0 Å². The molecule has 0 radical (unpaired) electrons. The number of ether oxygens (including phenoxy) is 3. The Bertz CT molecular complexity index is 1110. The molecule has 1 heterocycles. The number of hydrogen-bond donors (Lipinski definition) is 3. The number of primary amides is 2. The normalized spacial score (nSPS) is 11.9. The van der Waals surface area contributed by atoms with E-state index in [2.05, 4.69) is 5.32 Å². The number of fused-ring (bicyclic) bond motifs is 1. The topological polar surface area (TPSA) is 203 Å². The average Bonchev–Trinajstić information content (AvgIpc) is 2.76. The summed E-state index contributed by atoms with van der Waals surface area (Å²) in [4.78, 5) is 57.8. The molecular formula is C19H16N4O9. The van der Waals surface area contributed by atoms with Gasteiger partial charge in [-0.15, -0.1) is 0 Å². The molecule has 0 saturated carbocycles. The molecule has 0 unspecified atom stereocenters. The van der Waals surface area contributed by atoms with E-state index in [4.69, 9.17) is 25.7 Å². The van der Waals surface area contributed by atoms with E-state index in [1.54, 1.807) is 0 Å². The van der Waals surface area contributed by atoms with Crippen LogP contribution in [0.4, 0.5) is 11.4 Å². The molecule has 1 aliphatic rings. The molecule has 0 atom stereocenters. The van der Waals surface area contributed by atoms with E-state index < -0.39 is 46.5 Å². The van der Waals surface area contributed by atoms with Crippen LogP contribution in [-0.2, 0) is 9.53 Å². The zero-order valence-corrected chi connectivity index (χ0v) is 16.3. The second kappa shape index (κ2) is 8.99. The summed E-state index contributed by atoms with van der Waals surface area (Å²) in [6.07, 6.45) is 0. The van der Waals surface area contributed by atoms with Crippen LogP contribution >= 0.6 is 0 Å². The second-order valence-electron chi connectivity index (χ2n) is 6.42. The van der Waals surface area contributed by atoms with Gasteiger partial charge in [0.2, 0.25) is 11.8 Å². The minimum absolute atomic E-state index is 0.00135. The van der Waals surface area contributed by atoms with Gasteiger partial charge in [-0.1, -0.05) is 0 Å². The number of carbonyl (C=O) groups is 4. The number of amides is 3. The Balaban J connectivity index is 1.73. The van der Waals surface area contributed by atoms with Gasteiger partial charge in [-0.2, -0.15) is 0 Å². The van der Waals surface area contributed by atoms with Crippen molar-refractivity contribution in [3.8, 4) is 11.5 Å². The smallest absolute Gasteiger partial charge is 0.345 e. The summed E-state index contributed by atoms with van der Waals surface area (Å²) in [7, 11) is 0. The monoisotopic (exact) mass is 444 g/mol. The zero-order valence-electron chi connectivity index (χ0n) is 16.3. The summed E-state index contributed by atoms with van der Waals surface area (Å²) in [5.74, 6) is -3.48. The van der Waals surface area contributed by atoms with Crippen LogP contribution in [0.1, 0.15) is 31.1 Å².